The van der Waals surface area contributed by atoms with E-state index in [1.54, 1.807) is 6.07 Å². The third-order valence-corrected chi connectivity index (χ3v) is 2.82. The van der Waals surface area contributed by atoms with Gasteiger partial charge in [-0.25, -0.2) is 4.39 Å². The molecule has 0 aliphatic heterocycles. The van der Waals surface area contributed by atoms with Crippen LogP contribution in [0.25, 0.3) is 0 Å². The molecule has 4 heteroatoms. The lowest BCUT2D eigenvalue weighted by molar-refractivity contribution is 0.622. The molecule has 0 amide bonds. The lowest BCUT2D eigenvalue weighted by Crippen LogP contribution is -2.30. The molecule has 1 aromatic carbocycles. The van der Waals surface area contributed by atoms with Gasteiger partial charge < -0.3 is 11.1 Å². The number of hydrogen-bond donors (Lipinski definition) is 2. The average Bonchev–Trinajstić information content (AvgIpc) is 3.09. The number of halogens is 1. The highest BCUT2D eigenvalue weighted by molar-refractivity contribution is 5.50. The third kappa shape index (κ3) is 2.50. The Bertz CT molecular complexity index is 421. The van der Waals surface area contributed by atoms with Crippen LogP contribution in [0, 0.1) is 23.1 Å². The van der Waals surface area contributed by atoms with E-state index in [1.807, 2.05) is 6.07 Å². The minimum Gasteiger partial charge on any atom is -0.381 e. The minimum atomic E-state index is -0.395. The Kier molecular flexibility index (Phi) is 3.07. The molecule has 1 aromatic rings. The number of nitrogens with two attached hydrogens (primary N) is 1. The van der Waals surface area contributed by atoms with E-state index in [4.69, 9.17) is 11.0 Å². The van der Waals surface area contributed by atoms with Crippen molar-refractivity contribution in [3.05, 3.63) is 29.6 Å². The first-order chi connectivity index (χ1) is 7.72. The molecule has 1 aliphatic rings. The molecule has 1 unspecified atom stereocenters. The normalized spacial score (nSPS) is 16.6. The summed E-state index contributed by atoms with van der Waals surface area (Å²) in [4.78, 5) is 0. The van der Waals surface area contributed by atoms with Crippen molar-refractivity contribution in [3.8, 4) is 6.07 Å². The number of nitriles is 1. The van der Waals surface area contributed by atoms with Gasteiger partial charge in [0.2, 0.25) is 0 Å². The van der Waals surface area contributed by atoms with Crippen molar-refractivity contribution in [1.82, 2.24) is 0 Å². The maximum Gasteiger partial charge on any atom is 0.126 e. The molecule has 2 rings (SSSR count). The summed E-state index contributed by atoms with van der Waals surface area (Å²) in [6, 6.07) is 6.38. The first-order valence-electron chi connectivity index (χ1n) is 5.40. The fraction of sp³-hybridized carbons (Fsp3) is 0.417. The first-order valence-corrected chi connectivity index (χ1v) is 5.40. The largest absolute Gasteiger partial charge is 0.381 e. The molecule has 1 fully saturated rings. The predicted molar refractivity (Wildman–Crippen MR) is 60.3 cm³/mol. The van der Waals surface area contributed by atoms with E-state index in [0.717, 1.165) is 0 Å². The summed E-state index contributed by atoms with van der Waals surface area (Å²) in [5.41, 5.74) is 6.61. The Morgan fingerprint density at radius 2 is 2.25 bits per heavy atom. The second-order valence-corrected chi connectivity index (χ2v) is 4.16. The van der Waals surface area contributed by atoms with Gasteiger partial charge >= 0.3 is 0 Å². The summed E-state index contributed by atoms with van der Waals surface area (Å²) in [7, 11) is 0. The molecule has 0 aromatic heterocycles. The fourth-order valence-corrected chi connectivity index (χ4v) is 1.82. The van der Waals surface area contributed by atoms with Crippen molar-refractivity contribution in [2.75, 3.05) is 11.9 Å². The summed E-state index contributed by atoms with van der Waals surface area (Å²) in [5.74, 6) is 0.201. The smallest absolute Gasteiger partial charge is 0.126 e. The number of nitrogens with one attached hydrogen (secondary N) is 1. The predicted octanol–water partition coefficient (Wildman–Crippen LogP) is 1.85. The standard InChI is InChI=1S/C12H14FN3/c13-10-3-8(6-14)4-11(5-10)16-12(7-15)9-1-2-9/h3-5,9,12,16H,1-2,7,15H2. The molecule has 84 valence electrons. The molecule has 1 atom stereocenters. The summed E-state index contributed by atoms with van der Waals surface area (Å²) >= 11 is 0. The van der Waals surface area contributed by atoms with Crippen molar-refractivity contribution >= 4 is 5.69 Å². The van der Waals surface area contributed by atoms with E-state index < -0.39 is 5.82 Å². The fourth-order valence-electron chi connectivity index (χ4n) is 1.82. The van der Waals surface area contributed by atoms with Gasteiger partial charge in [-0.1, -0.05) is 0 Å². The number of rotatable bonds is 4. The van der Waals surface area contributed by atoms with Crippen LogP contribution < -0.4 is 11.1 Å². The van der Waals surface area contributed by atoms with Gasteiger partial charge in [0.1, 0.15) is 5.82 Å². The zero-order valence-corrected chi connectivity index (χ0v) is 8.91. The molecule has 1 aliphatic carbocycles. The molecular formula is C12H14FN3. The molecule has 0 radical (unpaired) electrons. The van der Waals surface area contributed by atoms with E-state index in [0.29, 0.717) is 23.7 Å². The Balaban J connectivity index is 2.13. The summed E-state index contributed by atoms with van der Waals surface area (Å²) in [5, 5.41) is 11.9. The SMILES string of the molecule is N#Cc1cc(F)cc(NC(CN)C2CC2)c1. The van der Waals surface area contributed by atoms with E-state index >= 15 is 0 Å². The lowest BCUT2D eigenvalue weighted by atomic mass is 10.1. The van der Waals surface area contributed by atoms with Crippen LogP contribution in [-0.4, -0.2) is 12.6 Å². The number of benzene rings is 1. The Morgan fingerprint density at radius 1 is 1.50 bits per heavy atom. The molecule has 0 bridgehead atoms. The van der Waals surface area contributed by atoms with Gasteiger partial charge in [-0.2, -0.15) is 5.26 Å². The van der Waals surface area contributed by atoms with Gasteiger partial charge in [0.25, 0.3) is 0 Å². The van der Waals surface area contributed by atoms with Crippen molar-refractivity contribution in [2.45, 2.75) is 18.9 Å². The monoisotopic (exact) mass is 219 g/mol. The molecule has 0 saturated heterocycles. The van der Waals surface area contributed by atoms with Gasteiger partial charge in [-0.15, -0.1) is 0 Å². The van der Waals surface area contributed by atoms with Crippen LogP contribution in [0.2, 0.25) is 0 Å². The van der Waals surface area contributed by atoms with Gasteiger partial charge in [0.05, 0.1) is 11.6 Å². The minimum absolute atomic E-state index is 0.188. The maximum atomic E-state index is 13.2. The van der Waals surface area contributed by atoms with Crippen LogP contribution >= 0.6 is 0 Å². The molecule has 3 N–H and O–H groups in total. The molecule has 3 nitrogen and oxygen atoms in total. The van der Waals surface area contributed by atoms with Crippen LogP contribution in [0.5, 0.6) is 0 Å². The second kappa shape index (κ2) is 4.50. The Morgan fingerprint density at radius 3 is 2.81 bits per heavy atom. The first kappa shape index (κ1) is 10.9. The van der Waals surface area contributed by atoms with E-state index in [-0.39, 0.29) is 6.04 Å². The van der Waals surface area contributed by atoms with Crippen LogP contribution in [0.3, 0.4) is 0 Å². The van der Waals surface area contributed by atoms with Crippen molar-refractivity contribution in [2.24, 2.45) is 11.7 Å². The maximum absolute atomic E-state index is 13.2. The molecule has 1 saturated carbocycles. The highest BCUT2D eigenvalue weighted by atomic mass is 19.1. The van der Waals surface area contributed by atoms with Crippen molar-refractivity contribution in [3.63, 3.8) is 0 Å². The summed E-state index contributed by atoms with van der Waals surface area (Å²) in [6.45, 7) is 0.531. The van der Waals surface area contributed by atoms with Gasteiger partial charge in [-0.05, 0) is 37.0 Å². The Hall–Kier alpha value is -1.60. The van der Waals surface area contributed by atoms with E-state index in [1.165, 1.54) is 25.0 Å². The molecule has 0 heterocycles. The Labute approximate surface area is 94.1 Å². The van der Waals surface area contributed by atoms with Gasteiger partial charge in [0, 0.05) is 18.3 Å². The van der Waals surface area contributed by atoms with Gasteiger partial charge in [0.15, 0.2) is 0 Å². The second-order valence-electron chi connectivity index (χ2n) is 4.16. The quantitative estimate of drug-likeness (QED) is 0.812. The van der Waals surface area contributed by atoms with Crippen LogP contribution in [-0.2, 0) is 0 Å². The van der Waals surface area contributed by atoms with Crippen molar-refractivity contribution in [1.29, 1.82) is 5.26 Å². The zero-order chi connectivity index (χ0) is 11.5. The molecule has 0 spiro atoms. The van der Waals surface area contributed by atoms with E-state index in [2.05, 4.69) is 5.32 Å². The highest BCUT2D eigenvalue weighted by Crippen LogP contribution is 2.33. The molecule has 16 heavy (non-hydrogen) atoms. The summed E-state index contributed by atoms with van der Waals surface area (Å²) in [6.07, 6.45) is 2.35. The number of nitrogens with zero attached hydrogens (tertiary/aromatic N) is 1. The van der Waals surface area contributed by atoms with Gasteiger partial charge in [-0.3, -0.25) is 0 Å². The lowest BCUT2D eigenvalue weighted by Gasteiger charge is -2.17. The number of anilines is 1. The topological polar surface area (TPSA) is 61.8 Å². The highest BCUT2D eigenvalue weighted by Gasteiger charge is 2.30. The number of hydrogen-bond acceptors (Lipinski definition) is 3. The third-order valence-electron chi connectivity index (χ3n) is 2.82. The van der Waals surface area contributed by atoms with E-state index in [9.17, 15) is 4.39 Å². The average molecular weight is 219 g/mol. The summed E-state index contributed by atoms with van der Waals surface area (Å²) < 4.78 is 13.2. The van der Waals surface area contributed by atoms with Crippen LogP contribution in [0.4, 0.5) is 10.1 Å². The molecular weight excluding hydrogens is 205 g/mol. The van der Waals surface area contributed by atoms with Crippen LogP contribution in [0.15, 0.2) is 18.2 Å². The van der Waals surface area contributed by atoms with Crippen molar-refractivity contribution < 1.29 is 4.39 Å². The zero-order valence-electron chi connectivity index (χ0n) is 8.91. The van der Waals surface area contributed by atoms with Crippen LogP contribution in [0.1, 0.15) is 18.4 Å².